The lowest BCUT2D eigenvalue weighted by Crippen LogP contribution is -2.49. The van der Waals surface area contributed by atoms with Crippen LogP contribution in [0.4, 0.5) is 0 Å². The van der Waals surface area contributed by atoms with Crippen LogP contribution in [-0.4, -0.2) is 83.6 Å². The molecule has 2 aliphatic rings. The number of rotatable bonds is 7. The Morgan fingerprint density at radius 3 is 2.97 bits per heavy atom. The van der Waals surface area contributed by atoms with E-state index in [-0.39, 0.29) is 6.04 Å². The number of hydrogen-bond donors (Lipinski definition) is 1. The van der Waals surface area contributed by atoms with Crippen LogP contribution in [0.3, 0.4) is 0 Å². The molecule has 8 nitrogen and oxygen atoms in total. The Hall–Kier alpha value is -2.81. The van der Waals surface area contributed by atoms with E-state index >= 15 is 0 Å². The van der Waals surface area contributed by atoms with E-state index in [1.165, 1.54) is 0 Å². The van der Waals surface area contributed by atoms with Gasteiger partial charge in [-0.15, -0.1) is 0 Å². The highest BCUT2D eigenvalue weighted by Crippen LogP contribution is 2.35. The first-order valence-electron chi connectivity index (χ1n) is 11.6. The highest BCUT2D eigenvalue weighted by atomic mass is 16.5. The fourth-order valence-electron chi connectivity index (χ4n) is 5.20. The molecule has 2 saturated heterocycles. The number of likely N-dealkylation sites (tertiary alicyclic amines) is 1. The number of methoxy groups -OCH3 is 1. The van der Waals surface area contributed by atoms with Crippen LogP contribution in [0.1, 0.15) is 31.1 Å². The predicted octanol–water partition coefficient (Wildman–Crippen LogP) is 3.06. The van der Waals surface area contributed by atoms with Crippen molar-refractivity contribution in [3.63, 3.8) is 0 Å². The van der Waals surface area contributed by atoms with Crippen LogP contribution in [0.25, 0.3) is 22.2 Å². The standard InChI is InChI=1S/C25H31N5O3/c1-29(19-8-12-33-16-19)18-7-9-30(10-11-31)23(14-18)24-26-15-22(27-24)20-13-17-5-3-4-6-21(17)28-25(20)32-2/h3-6,11,13,15,18-19,23H,7-10,12,14,16H2,1-2H3,(H,26,27)/t18-,19?,23-/m0/s1. The van der Waals surface area contributed by atoms with Crippen molar-refractivity contribution in [2.45, 2.75) is 37.4 Å². The summed E-state index contributed by atoms with van der Waals surface area (Å²) in [5.74, 6) is 1.44. The molecule has 174 valence electrons. The number of fused-ring (bicyclic) bond motifs is 1. The van der Waals surface area contributed by atoms with Gasteiger partial charge in [0.2, 0.25) is 5.88 Å². The van der Waals surface area contributed by atoms with E-state index in [9.17, 15) is 4.79 Å². The van der Waals surface area contributed by atoms with Crippen LogP contribution in [-0.2, 0) is 9.53 Å². The van der Waals surface area contributed by atoms with Crippen LogP contribution < -0.4 is 4.74 Å². The number of nitrogens with one attached hydrogen (secondary N) is 1. The Labute approximate surface area is 193 Å². The normalized spacial score (nSPS) is 23.9. The summed E-state index contributed by atoms with van der Waals surface area (Å²) >= 11 is 0. The zero-order valence-electron chi connectivity index (χ0n) is 19.2. The minimum Gasteiger partial charge on any atom is -0.480 e. The van der Waals surface area contributed by atoms with Crippen molar-refractivity contribution in [3.05, 3.63) is 42.4 Å². The predicted molar refractivity (Wildman–Crippen MR) is 126 cm³/mol. The number of piperidine rings is 1. The number of nitrogens with zero attached hydrogens (tertiary/aromatic N) is 4. The van der Waals surface area contributed by atoms with Gasteiger partial charge in [0.05, 0.1) is 49.3 Å². The zero-order chi connectivity index (χ0) is 22.8. The van der Waals surface area contributed by atoms with Gasteiger partial charge in [-0.3, -0.25) is 9.80 Å². The third kappa shape index (κ3) is 4.38. The molecule has 0 saturated carbocycles. The van der Waals surface area contributed by atoms with Gasteiger partial charge in [-0.1, -0.05) is 18.2 Å². The van der Waals surface area contributed by atoms with E-state index in [4.69, 9.17) is 14.5 Å². The van der Waals surface area contributed by atoms with Gasteiger partial charge in [0.1, 0.15) is 12.1 Å². The third-order valence-corrected chi connectivity index (χ3v) is 7.14. The largest absolute Gasteiger partial charge is 0.480 e. The van der Waals surface area contributed by atoms with Crippen LogP contribution in [0.15, 0.2) is 36.5 Å². The summed E-state index contributed by atoms with van der Waals surface area (Å²) in [6.45, 7) is 2.91. The van der Waals surface area contributed by atoms with Crippen molar-refractivity contribution in [1.82, 2.24) is 24.8 Å². The maximum absolute atomic E-state index is 11.4. The van der Waals surface area contributed by atoms with E-state index in [1.807, 2.05) is 30.5 Å². The van der Waals surface area contributed by atoms with E-state index < -0.39 is 0 Å². The van der Waals surface area contributed by atoms with E-state index in [0.29, 0.717) is 24.5 Å². The Bertz CT molecular complexity index is 1110. The maximum Gasteiger partial charge on any atom is 0.223 e. The van der Waals surface area contributed by atoms with Gasteiger partial charge in [0, 0.05) is 30.6 Å². The van der Waals surface area contributed by atoms with Gasteiger partial charge in [-0.25, -0.2) is 9.97 Å². The molecule has 33 heavy (non-hydrogen) atoms. The SMILES string of the molecule is COc1nc2ccccc2cc1-c1cnc([C@@H]2C[C@@H](N(C)C3CCOC3)CCN2CC=O)[nH]1. The first-order chi connectivity index (χ1) is 16.2. The number of pyridine rings is 1. The number of aromatic amines is 1. The molecular formula is C25H31N5O3. The second-order valence-corrected chi connectivity index (χ2v) is 8.96. The lowest BCUT2D eigenvalue weighted by molar-refractivity contribution is -0.110. The number of aromatic nitrogens is 3. The molecule has 8 heteroatoms. The van der Waals surface area contributed by atoms with Crippen molar-refractivity contribution in [2.75, 3.05) is 40.5 Å². The van der Waals surface area contributed by atoms with Crippen molar-refractivity contribution in [3.8, 4) is 17.1 Å². The monoisotopic (exact) mass is 449 g/mol. The van der Waals surface area contributed by atoms with Gasteiger partial charge in [0.15, 0.2) is 0 Å². The smallest absolute Gasteiger partial charge is 0.223 e. The number of ether oxygens (including phenoxy) is 2. The minimum absolute atomic E-state index is 0.0480. The van der Waals surface area contributed by atoms with E-state index in [2.05, 4.69) is 32.9 Å². The van der Waals surface area contributed by atoms with Crippen LogP contribution in [0.2, 0.25) is 0 Å². The number of carbonyl (C=O) groups is 1. The van der Waals surface area contributed by atoms with Gasteiger partial charge in [0.25, 0.3) is 0 Å². The van der Waals surface area contributed by atoms with Crippen LogP contribution in [0.5, 0.6) is 5.88 Å². The molecule has 1 N–H and O–H groups in total. The minimum atomic E-state index is 0.0480. The number of para-hydroxylation sites is 1. The molecule has 5 rings (SSSR count). The molecule has 3 aromatic rings. The summed E-state index contributed by atoms with van der Waals surface area (Å²) in [5.41, 5.74) is 2.64. The average Bonchev–Trinajstić information content (AvgIpc) is 3.56. The average molecular weight is 450 g/mol. The highest BCUT2D eigenvalue weighted by Gasteiger charge is 2.36. The second-order valence-electron chi connectivity index (χ2n) is 8.96. The molecule has 0 radical (unpaired) electrons. The lowest BCUT2D eigenvalue weighted by atomic mass is 9.94. The number of imidazole rings is 1. The summed E-state index contributed by atoms with van der Waals surface area (Å²) in [6.07, 6.45) is 5.87. The van der Waals surface area contributed by atoms with Crippen molar-refractivity contribution in [1.29, 1.82) is 0 Å². The molecule has 0 amide bonds. The van der Waals surface area contributed by atoms with Crippen molar-refractivity contribution >= 4 is 17.2 Å². The fourth-order valence-corrected chi connectivity index (χ4v) is 5.20. The second kappa shape index (κ2) is 9.59. The Morgan fingerprint density at radius 1 is 1.30 bits per heavy atom. The van der Waals surface area contributed by atoms with Gasteiger partial charge < -0.3 is 19.3 Å². The molecule has 2 aromatic heterocycles. The van der Waals surface area contributed by atoms with Crippen LogP contribution in [0, 0.1) is 0 Å². The lowest BCUT2D eigenvalue weighted by Gasteiger charge is -2.42. The Kier molecular flexibility index (Phi) is 6.39. The number of carbonyl (C=O) groups excluding carboxylic acids is 1. The number of aldehydes is 1. The van der Waals surface area contributed by atoms with Gasteiger partial charge in [-0.2, -0.15) is 0 Å². The van der Waals surface area contributed by atoms with E-state index in [1.54, 1.807) is 7.11 Å². The Balaban J connectivity index is 1.44. The Morgan fingerprint density at radius 2 is 2.18 bits per heavy atom. The molecule has 0 spiro atoms. The topological polar surface area (TPSA) is 83.6 Å². The molecule has 2 aliphatic heterocycles. The first kappa shape index (κ1) is 22.0. The quantitative estimate of drug-likeness (QED) is 0.555. The van der Waals surface area contributed by atoms with Gasteiger partial charge in [-0.05, 0) is 38.4 Å². The molecule has 1 aromatic carbocycles. The highest BCUT2D eigenvalue weighted by molar-refractivity contribution is 5.85. The molecule has 2 fully saturated rings. The molecule has 3 atom stereocenters. The van der Waals surface area contributed by atoms with Crippen LogP contribution >= 0.6 is 0 Å². The summed E-state index contributed by atoms with van der Waals surface area (Å²) in [5, 5.41) is 1.05. The third-order valence-electron chi connectivity index (χ3n) is 7.14. The molecule has 0 aliphatic carbocycles. The van der Waals surface area contributed by atoms with E-state index in [0.717, 1.165) is 73.3 Å². The van der Waals surface area contributed by atoms with Crippen molar-refractivity contribution < 1.29 is 14.3 Å². The number of likely N-dealkylation sites (N-methyl/N-ethyl adjacent to an activating group) is 1. The molecule has 0 bridgehead atoms. The molecule has 1 unspecified atom stereocenters. The number of benzene rings is 1. The first-order valence-corrected chi connectivity index (χ1v) is 11.6. The summed E-state index contributed by atoms with van der Waals surface area (Å²) in [6, 6.07) is 11.0. The van der Waals surface area contributed by atoms with Gasteiger partial charge >= 0.3 is 0 Å². The van der Waals surface area contributed by atoms with Crippen molar-refractivity contribution in [2.24, 2.45) is 0 Å². The zero-order valence-corrected chi connectivity index (χ0v) is 19.2. The summed E-state index contributed by atoms with van der Waals surface area (Å²) in [7, 11) is 3.84. The number of hydrogen-bond acceptors (Lipinski definition) is 7. The maximum atomic E-state index is 11.4. The summed E-state index contributed by atoms with van der Waals surface area (Å²) in [4.78, 5) is 29.0. The summed E-state index contributed by atoms with van der Waals surface area (Å²) < 4.78 is 11.2. The molecular weight excluding hydrogens is 418 g/mol. The fraction of sp³-hybridized carbons (Fsp3) is 0.480. The molecule has 4 heterocycles. The number of H-pyrrole nitrogens is 1.